The van der Waals surface area contributed by atoms with Gasteiger partial charge in [-0.3, -0.25) is 9.89 Å². The number of benzene rings is 2. The molecule has 3 rings (SSSR count). The highest BCUT2D eigenvalue weighted by Crippen LogP contribution is 2.26. The Morgan fingerprint density at radius 1 is 1.12 bits per heavy atom. The maximum absolute atomic E-state index is 12.0. The summed E-state index contributed by atoms with van der Waals surface area (Å²) in [6, 6.07) is 11.8. The van der Waals surface area contributed by atoms with Crippen LogP contribution in [0.3, 0.4) is 0 Å². The highest BCUT2D eigenvalue weighted by Gasteiger charge is 2.10. The van der Waals surface area contributed by atoms with Gasteiger partial charge in [0.05, 0.1) is 16.6 Å². The molecule has 0 aliphatic rings. The maximum atomic E-state index is 12.0. The number of nitrogens with one attached hydrogen (secondary N) is 2. The minimum Gasteiger partial charge on any atom is -0.399 e. The van der Waals surface area contributed by atoms with E-state index in [0.29, 0.717) is 32.9 Å². The Bertz CT molecular complexity index is 876. The molecule has 6 nitrogen and oxygen atoms in total. The van der Waals surface area contributed by atoms with Gasteiger partial charge in [0, 0.05) is 16.8 Å². The highest BCUT2D eigenvalue weighted by molar-refractivity contribution is 6.42. The molecule has 24 heavy (non-hydrogen) atoms. The summed E-state index contributed by atoms with van der Waals surface area (Å²) in [7, 11) is 0. The van der Waals surface area contributed by atoms with Crippen LogP contribution in [-0.2, 0) is 6.54 Å². The number of aromatic amines is 1. The zero-order valence-corrected chi connectivity index (χ0v) is 13.9. The van der Waals surface area contributed by atoms with Crippen LogP contribution in [0.15, 0.2) is 42.5 Å². The van der Waals surface area contributed by atoms with Gasteiger partial charge in [-0.2, -0.15) is 5.10 Å². The SMILES string of the molecule is Nc1ccc(C(=O)NCc2nc(-c3ccc(Cl)c(Cl)c3)n[nH]2)cc1. The number of rotatable bonds is 4. The second-order valence-corrected chi connectivity index (χ2v) is 5.85. The van der Waals surface area contributed by atoms with E-state index in [0.717, 1.165) is 5.56 Å². The van der Waals surface area contributed by atoms with E-state index in [9.17, 15) is 4.79 Å². The summed E-state index contributed by atoms with van der Waals surface area (Å²) in [5.74, 6) is 0.785. The van der Waals surface area contributed by atoms with Crippen molar-refractivity contribution in [2.24, 2.45) is 0 Å². The van der Waals surface area contributed by atoms with Gasteiger partial charge in [0.25, 0.3) is 5.91 Å². The van der Waals surface area contributed by atoms with E-state index in [1.165, 1.54) is 0 Å². The van der Waals surface area contributed by atoms with Crippen molar-refractivity contribution in [3.8, 4) is 11.4 Å². The first kappa shape index (κ1) is 16.3. The van der Waals surface area contributed by atoms with E-state index < -0.39 is 0 Å². The van der Waals surface area contributed by atoms with Crippen LogP contribution in [0.4, 0.5) is 5.69 Å². The number of nitrogens with zero attached hydrogens (tertiary/aromatic N) is 2. The number of hydrogen-bond acceptors (Lipinski definition) is 4. The van der Waals surface area contributed by atoms with E-state index in [1.807, 2.05) is 0 Å². The number of hydrogen-bond donors (Lipinski definition) is 3. The van der Waals surface area contributed by atoms with Crippen molar-refractivity contribution in [1.82, 2.24) is 20.5 Å². The zero-order valence-electron chi connectivity index (χ0n) is 12.4. The van der Waals surface area contributed by atoms with Crippen LogP contribution in [0.2, 0.25) is 10.0 Å². The number of H-pyrrole nitrogens is 1. The van der Waals surface area contributed by atoms with Gasteiger partial charge in [-0.15, -0.1) is 0 Å². The van der Waals surface area contributed by atoms with Gasteiger partial charge < -0.3 is 11.1 Å². The first-order chi connectivity index (χ1) is 11.5. The molecule has 0 aliphatic heterocycles. The van der Waals surface area contributed by atoms with Crippen LogP contribution in [-0.4, -0.2) is 21.1 Å². The molecular weight excluding hydrogens is 349 g/mol. The van der Waals surface area contributed by atoms with E-state index >= 15 is 0 Å². The first-order valence-corrected chi connectivity index (χ1v) is 7.79. The van der Waals surface area contributed by atoms with Gasteiger partial charge in [0.15, 0.2) is 5.82 Å². The van der Waals surface area contributed by atoms with Crippen molar-refractivity contribution in [1.29, 1.82) is 0 Å². The van der Waals surface area contributed by atoms with Crippen molar-refractivity contribution in [2.45, 2.75) is 6.54 Å². The Morgan fingerprint density at radius 2 is 1.88 bits per heavy atom. The summed E-state index contributed by atoms with van der Waals surface area (Å²) >= 11 is 11.9. The Kier molecular flexibility index (Phi) is 4.69. The minimum atomic E-state index is -0.220. The Labute approximate surface area is 148 Å². The van der Waals surface area contributed by atoms with E-state index in [-0.39, 0.29) is 12.5 Å². The van der Waals surface area contributed by atoms with Gasteiger partial charge in [-0.1, -0.05) is 23.2 Å². The lowest BCUT2D eigenvalue weighted by Crippen LogP contribution is -2.23. The topological polar surface area (TPSA) is 96.7 Å². The smallest absolute Gasteiger partial charge is 0.251 e. The van der Waals surface area contributed by atoms with Gasteiger partial charge in [-0.05, 0) is 42.5 Å². The van der Waals surface area contributed by atoms with Crippen molar-refractivity contribution in [3.05, 3.63) is 63.9 Å². The fraction of sp³-hybridized carbons (Fsp3) is 0.0625. The Balaban J connectivity index is 1.66. The lowest BCUT2D eigenvalue weighted by molar-refractivity contribution is 0.0950. The summed E-state index contributed by atoms with van der Waals surface area (Å²) in [5, 5.41) is 10.5. The largest absolute Gasteiger partial charge is 0.399 e. The van der Waals surface area contributed by atoms with Gasteiger partial charge in [0.1, 0.15) is 5.82 Å². The lowest BCUT2D eigenvalue weighted by Gasteiger charge is -2.03. The molecule has 1 aromatic heterocycles. The average Bonchev–Trinajstić information content (AvgIpc) is 3.05. The number of amides is 1. The third-order valence-corrected chi connectivity index (χ3v) is 4.04. The van der Waals surface area contributed by atoms with Crippen LogP contribution in [0.5, 0.6) is 0 Å². The first-order valence-electron chi connectivity index (χ1n) is 7.03. The number of aromatic nitrogens is 3. The summed E-state index contributed by atoms with van der Waals surface area (Å²) in [5.41, 5.74) is 7.46. The van der Waals surface area contributed by atoms with Gasteiger partial charge in [-0.25, -0.2) is 4.98 Å². The summed E-state index contributed by atoms with van der Waals surface area (Å²) in [6.07, 6.45) is 0. The van der Waals surface area contributed by atoms with Gasteiger partial charge in [0.2, 0.25) is 0 Å². The average molecular weight is 362 g/mol. The zero-order chi connectivity index (χ0) is 17.1. The molecule has 2 aromatic carbocycles. The molecule has 0 bridgehead atoms. The number of carbonyl (C=O) groups is 1. The molecular formula is C16H13Cl2N5O. The Morgan fingerprint density at radius 3 is 2.58 bits per heavy atom. The number of carbonyl (C=O) groups excluding carboxylic acids is 1. The molecule has 0 saturated carbocycles. The lowest BCUT2D eigenvalue weighted by atomic mass is 10.2. The molecule has 0 unspecified atom stereocenters. The fourth-order valence-electron chi connectivity index (χ4n) is 2.04. The maximum Gasteiger partial charge on any atom is 0.251 e. The molecule has 1 amide bonds. The van der Waals surface area contributed by atoms with Crippen LogP contribution in [0.1, 0.15) is 16.2 Å². The summed E-state index contributed by atoms with van der Waals surface area (Å²) in [6.45, 7) is 0.220. The summed E-state index contributed by atoms with van der Waals surface area (Å²) in [4.78, 5) is 16.4. The third kappa shape index (κ3) is 3.67. The minimum absolute atomic E-state index is 0.220. The fourth-order valence-corrected chi connectivity index (χ4v) is 2.34. The van der Waals surface area contributed by atoms with Crippen molar-refractivity contribution < 1.29 is 4.79 Å². The normalized spacial score (nSPS) is 10.6. The third-order valence-electron chi connectivity index (χ3n) is 3.30. The van der Waals surface area contributed by atoms with Crippen molar-refractivity contribution in [2.75, 3.05) is 5.73 Å². The summed E-state index contributed by atoms with van der Waals surface area (Å²) < 4.78 is 0. The number of nitrogens with two attached hydrogens (primary N) is 1. The van der Waals surface area contributed by atoms with Crippen LogP contribution < -0.4 is 11.1 Å². The van der Waals surface area contributed by atoms with Crippen LogP contribution >= 0.6 is 23.2 Å². The van der Waals surface area contributed by atoms with Crippen LogP contribution in [0, 0.1) is 0 Å². The quantitative estimate of drug-likeness (QED) is 0.621. The highest BCUT2D eigenvalue weighted by atomic mass is 35.5. The molecule has 3 aromatic rings. The standard InChI is InChI=1S/C16H13Cl2N5O/c17-12-6-3-10(7-13(12)18)15-21-14(22-23-15)8-20-16(24)9-1-4-11(19)5-2-9/h1-7H,8,19H2,(H,20,24)(H,21,22,23). The molecule has 1 heterocycles. The molecule has 0 fully saturated rings. The molecule has 0 radical (unpaired) electrons. The molecule has 8 heteroatoms. The van der Waals surface area contributed by atoms with Crippen molar-refractivity contribution in [3.63, 3.8) is 0 Å². The Hall–Kier alpha value is -2.57. The van der Waals surface area contributed by atoms with Crippen molar-refractivity contribution >= 4 is 34.8 Å². The second-order valence-electron chi connectivity index (χ2n) is 5.04. The van der Waals surface area contributed by atoms with E-state index in [1.54, 1.807) is 42.5 Å². The predicted octanol–water partition coefficient (Wildman–Crippen LogP) is 3.29. The molecule has 0 atom stereocenters. The second kappa shape index (κ2) is 6.90. The molecule has 0 saturated heterocycles. The molecule has 4 N–H and O–H groups in total. The number of halogens is 2. The number of nitrogen functional groups attached to an aromatic ring is 1. The number of anilines is 1. The predicted molar refractivity (Wildman–Crippen MR) is 93.9 cm³/mol. The molecule has 122 valence electrons. The van der Waals surface area contributed by atoms with Crippen LogP contribution in [0.25, 0.3) is 11.4 Å². The monoisotopic (exact) mass is 361 g/mol. The van der Waals surface area contributed by atoms with E-state index in [2.05, 4.69) is 20.5 Å². The van der Waals surface area contributed by atoms with E-state index in [4.69, 9.17) is 28.9 Å². The molecule has 0 spiro atoms. The molecule has 0 aliphatic carbocycles. The van der Waals surface area contributed by atoms with Gasteiger partial charge >= 0.3 is 0 Å².